The van der Waals surface area contributed by atoms with E-state index >= 15 is 0 Å². The third kappa shape index (κ3) is 4.81. The Morgan fingerprint density at radius 3 is 2.48 bits per heavy atom. The van der Waals surface area contributed by atoms with Crippen molar-refractivity contribution in [3.8, 4) is 0 Å². The van der Waals surface area contributed by atoms with Crippen molar-refractivity contribution in [2.75, 3.05) is 16.3 Å². The Morgan fingerprint density at radius 2 is 1.86 bits per heavy atom. The Hall–Kier alpha value is -2.54. The topological polar surface area (TPSA) is 88.4 Å². The van der Waals surface area contributed by atoms with Crippen molar-refractivity contribution in [3.63, 3.8) is 0 Å². The maximum atomic E-state index is 11.8. The molecule has 110 valence electrons. The van der Waals surface area contributed by atoms with E-state index in [9.17, 15) is 13.2 Å². The fourth-order valence-electron chi connectivity index (χ4n) is 1.60. The van der Waals surface area contributed by atoms with Gasteiger partial charge in [-0.3, -0.25) is 9.52 Å². The number of para-hydroxylation sites is 2. The number of anilines is 2. The van der Waals surface area contributed by atoms with Crippen molar-refractivity contribution in [1.82, 2.24) is 0 Å². The highest BCUT2D eigenvalue weighted by Crippen LogP contribution is 2.21. The van der Waals surface area contributed by atoms with Crippen LogP contribution in [0.25, 0.3) is 6.08 Å². The molecule has 2 aromatic rings. The molecular formula is C14H14N2O4S. The molecule has 2 rings (SSSR count). The number of hydrogen-bond donors (Lipinski definition) is 2. The first kappa shape index (κ1) is 14.9. The van der Waals surface area contributed by atoms with Crippen molar-refractivity contribution < 1.29 is 17.6 Å². The minimum Gasteiger partial charge on any atom is -0.465 e. The van der Waals surface area contributed by atoms with Gasteiger partial charge in [0.15, 0.2) is 0 Å². The van der Waals surface area contributed by atoms with Gasteiger partial charge in [0.05, 0.1) is 23.9 Å². The van der Waals surface area contributed by atoms with Crippen molar-refractivity contribution >= 4 is 33.4 Å². The van der Waals surface area contributed by atoms with Crippen LogP contribution in [-0.2, 0) is 14.8 Å². The third-order valence-electron chi connectivity index (χ3n) is 2.42. The van der Waals surface area contributed by atoms with Crippen LogP contribution in [0, 0.1) is 0 Å². The summed E-state index contributed by atoms with van der Waals surface area (Å²) in [6.07, 6.45) is 5.36. The molecule has 0 radical (unpaired) electrons. The van der Waals surface area contributed by atoms with Gasteiger partial charge in [-0.1, -0.05) is 12.1 Å². The lowest BCUT2D eigenvalue weighted by atomic mass is 10.2. The summed E-state index contributed by atoms with van der Waals surface area (Å²) in [5.74, 6) is 0.154. The summed E-state index contributed by atoms with van der Waals surface area (Å²) in [5, 5.41) is 2.60. The number of carbonyl (C=O) groups is 1. The fourth-order valence-corrected chi connectivity index (χ4v) is 2.18. The molecule has 7 heteroatoms. The van der Waals surface area contributed by atoms with Crippen LogP contribution in [0.3, 0.4) is 0 Å². The molecule has 0 aliphatic rings. The number of amides is 1. The van der Waals surface area contributed by atoms with Crippen LogP contribution in [0.1, 0.15) is 5.76 Å². The predicted octanol–water partition coefficient (Wildman–Crippen LogP) is 2.30. The van der Waals surface area contributed by atoms with E-state index in [2.05, 4.69) is 10.0 Å². The van der Waals surface area contributed by atoms with Gasteiger partial charge in [0.1, 0.15) is 5.76 Å². The Balaban J connectivity index is 2.10. The SMILES string of the molecule is CS(=O)(=O)Nc1ccccc1NC(=O)/C=C/c1ccco1. The summed E-state index contributed by atoms with van der Waals surface area (Å²) < 4.78 is 29.9. The maximum absolute atomic E-state index is 11.8. The minimum atomic E-state index is -3.42. The molecular weight excluding hydrogens is 292 g/mol. The maximum Gasteiger partial charge on any atom is 0.248 e. The molecule has 0 aliphatic heterocycles. The van der Waals surface area contributed by atoms with Crippen LogP contribution in [0.4, 0.5) is 11.4 Å². The molecule has 0 fully saturated rings. The molecule has 1 heterocycles. The number of sulfonamides is 1. The zero-order chi connectivity index (χ0) is 15.3. The number of nitrogens with one attached hydrogen (secondary N) is 2. The summed E-state index contributed by atoms with van der Waals surface area (Å²) >= 11 is 0. The Kier molecular flexibility index (Phi) is 4.44. The molecule has 21 heavy (non-hydrogen) atoms. The zero-order valence-electron chi connectivity index (χ0n) is 11.2. The van der Waals surface area contributed by atoms with E-state index in [1.165, 1.54) is 18.4 Å². The van der Waals surface area contributed by atoms with Crippen LogP contribution in [0.2, 0.25) is 0 Å². The quantitative estimate of drug-likeness (QED) is 0.830. The largest absolute Gasteiger partial charge is 0.465 e. The second-order valence-electron chi connectivity index (χ2n) is 4.26. The lowest BCUT2D eigenvalue weighted by Gasteiger charge is -2.10. The second kappa shape index (κ2) is 6.27. The molecule has 2 N–H and O–H groups in total. The fraction of sp³-hybridized carbons (Fsp3) is 0.0714. The molecule has 0 spiro atoms. The van der Waals surface area contributed by atoms with Crippen LogP contribution < -0.4 is 10.0 Å². The average molecular weight is 306 g/mol. The number of benzene rings is 1. The van der Waals surface area contributed by atoms with E-state index in [1.807, 2.05) is 0 Å². The zero-order valence-corrected chi connectivity index (χ0v) is 12.1. The average Bonchev–Trinajstić information content (AvgIpc) is 2.90. The van der Waals surface area contributed by atoms with E-state index < -0.39 is 15.9 Å². The minimum absolute atomic E-state index is 0.305. The van der Waals surface area contributed by atoms with Gasteiger partial charge >= 0.3 is 0 Å². The highest BCUT2D eigenvalue weighted by Gasteiger charge is 2.08. The highest BCUT2D eigenvalue weighted by atomic mass is 32.2. The number of hydrogen-bond acceptors (Lipinski definition) is 4. The molecule has 0 bridgehead atoms. The summed E-state index contributed by atoms with van der Waals surface area (Å²) in [6, 6.07) is 9.95. The third-order valence-corrected chi connectivity index (χ3v) is 3.01. The van der Waals surface area contributed by atoms with Gasteiger partial charge in [0, 0.05) is 6.08 Å². The second-order valence-corrected chi connectivity index (χ2v) is 6.01. The Morgan fingerprint density at radius 1 is 1.14 bits per heavy atom. The van der Waals surface area contributed by atoms with Crippen LogP contribution in [0.15, 0.2) is 53.2 Å². The summed E-state index contributed by atoms with van der Waals surface area (Å²) in [5.41, 5.74) is 0.678. The van der Waals surface area contributed by atoms with Gasteiger partial charge in [-0.15, -0.1) is 0 Å². The molecule has 0 unspecified atom stereocenters. The van der Waals surface area contributed by atoms with Gasteiger partial charge in [-0.2, -0.15) is 0 Å². The number of furan rings is 1. The van der Waals surface area contributed by atoms with E-state index in [-0.39, 0.29) is 0 Å². The standard InChI is InChI=1S/C14H14N2O4S/c1-21(18,19)16-13-7-3-2-6-12(13)15-14(17)9-8-11-5-4-10-20-11/h2-10,16H,1H3,(H,15,17)/b9-8+. The first-order chi connectivity index (χ1) is 9.94. The van der Waals surface area contributed by atoms with Gasteiger partial charge in [0.25, 0.3) is 0 Å². The van der Waals surface area contributed by atoms with Crippen molar-refractivity contribution in [3.05, 3.63) is 54.5 Å². The van der Waals surface area contributed by atoms with Crippen LogP contribution in [0.5, 0.6) is 0 Å². The molecule has 0 aliphatic carbocycles. The lowest BCUT2D eigenvalue weighted by Crippen LogP contribution is -2.14. The highest BCUT2D eigenvalue weighted by molar-refractivity contribution is 7.92. The first-order valence-electron chi connectivity index (χ1n) is 6.03. The predicted molar refractivity (Wildman–Crippen MR) is 81.3 cm³/mol. The lowest BCUT2D eigenvalue weighted by molar-refractivity contribution is -0.111. The monoisotopic (exact) mass is 306 g/mol. The Labute approximate surface area is 122 Å². The molecule has 0 atom stereocenters. The molecule has 1 aromatic heterocycles. The Bertz CT molecular complexity index is 749. The van der Waals surface area contributed by atoms with Crippen molar-refractivity contribution in [2.45, 2.75) is 0 Å². The van der Waals surface area contributed by atoms with Crippen molar-refractivity contribution in [1.29, 1.82) is 0 Å². The van der Waals surface area contributed by atoms with Gasteiger partial charge in [0.2, 0.25) is 15.9 Å². The van der Waals surface area contributed by atoms with Crippen LogP contribution >= 0.6 is 0 Å². The molecule has 6 nitrogen and oxygen atoms in total. The number of carbonyl (C=O) groups excluding carboxylic acids is 1. The van der Waals surface area contributed by atoms with Gasteiger partial charge < -0.3 is 9.73 Å². The summed E-state index contributed by atoms with van der Waals surface area (Å²) in [6.45, 7) is 0. The van der Waals surface area contributed by atoms with E-state index in [0.29, 0.717) is 17.1 Å². The van der Waals surface area contributed by atoms with Crippen LogP contribution in [-0.4, -0.2) is 20.6 Å². The van der Waals surface area contributed by atoms with Gasteiger partial charge in [-0.05, 0) is 30.3 Å². The van der Waals surface area contributed by atoms with E-state index in [4.69, 9.17) is 4.42 Å². The van der Waals surface area contributed by atoms with E-state index in [0.717, 1.165) is 6.26 Å². The molecule has 0 saturated heterocycles. The summed E-state index contributed by atoms with van der Waals surface area (Å²) in [4.78, 5) is 11.8. The van der Waals surface area contributed by atoms with Gasteiger partial charge in [-0.25, -0.2) is 8.42 Å². The number of rotatable bonds is 5. The first-order valence-corrected chi connectivity index (χ1v) is 7.92. The van der Waals surface area contributed by atoms with E-state index in [1.54, 1.807) is 36.4 Å². The molecule has 1 amide bonds. The summed E-state index contributed by atoms with van der Waals surface area (Å²) in [7, 11) is -3.42. The normalized spacial score (nSPS) is 11.5. The molecule has 0 saturated carbocycles. The smallest absolute Gasteiger partial charge is 0.248 e. The van der Waals surface area contributed by atoms with Crippen molar-refractivity contribution in [2.24, 2.45) is 0 Å². The molecule has 1 aromatic carbocycles.